The summed E-state index contributed by atoms with van der Waals surface area (Å²) in [6.07, 6.45) is 4.31. The molecule has 1 unspecified atom stereocenters. The van der Waals surface area contributed by atoms with Crippen molar-refractivity contribution in [1.29, 1.82) is 0 Å². The molecule has 76 valence electrons. The number of ether oxygens (including phenoxy) is 2. The molecule has 3 heteroatoms. The van der Waals surface area contributed by atoms with E-state index < -0.39 is 5.97 Å². The molecular weight excluding hydrogens is 168 g/mol. The number of carbonyl (C=O) groups excluding carboxylic acids is 1. The highest BCUT2D eigenvalue weighted by Gasteiger charge is 2.08. The predicted molar refractivity (Wildman–Crippen MR) is 51.5 cm³/mol. The summed E-state index contributed by atoms with van der Waals surface area (Å²) in [4.78, 5) is 10.7. The third kappa shape index (κ3) is 6.34. The Bertz CT molecular complexity index is 154. The second kappa shape index (κ2) is 7.80. The molecule has 0 spiro atoms. The summed E-state index contributed by atoms with van der Waals surface area (Å²) in [5.74, 6) is -0.390. The third-order valence-corrected chi connectivity index (χ3v) is 1.79. The standard InChI is InChI=1S/C10H18O3/c1-4-6-7-9(12-3)8-13-10(11)5-2/h5,9H,2,4,6-8H2,1,3H3. The topological polar surface area (TPSA) is 35.5 Å². The van der Waals surface area contributed by atoms with E-state index in [-0.39, 0.29) is 6.10 Å². The predicted octanol–water partition coefficient (Wildman–Crippen LogP) is 1.92. The highest BCUT2D eigenvalue weighted by Crippen LogP contribution is 2.04. The minimum Gasteiger partial charge on any atom is -0.460 e. The summed E-state index contributed by atoms with van der Waals surface area (Å²) in [7, 11) is 1.63. The summed E-state index contributed by atoms with van der Waals surface area (Å²) in [5, 5.41) is 0. The average molecular weight is 186 g/mol. The van der Waals surface area contributed by atoms with Gasteiger partial charge in [0, 0.05) is 13.2 Å². The lowest BCUT2D eigenvalue weighted by Gasteiger charge is -2.13. The Labute approximate surface area is 79.7 Å². The summed E-state index contributed by atoms with van der Waals surface area (Å²) < 4.78 is 10.00. The van der Waals surface area contributed by atoms with Crippen LogP contribution in [0.15, 0.2) is 12.7 Å². The molecule has 0 aromatic carbocycles. The Morgan fingerprint density at radius 3 is 2.77 bits per heavy atom. The van der Waals surface area contributed by atoms with E-state index in [1.54, 1.807) is 7.11 Å². The van der Waals surface area contributed by atoms with E-state index in [4.69, 9.17) is 9.47 Å². The zero-order chi connectivity index (χ0) is 10.1. The van der Waals surface area contributed by atoms with Gasteiger partial charge in [0.2, 0.25) is 0 Å². The molecule has 1 atom stereocenters. The highest BCUT2D eigenvalue weighted by atomic mass is 16.6. The van der Waals surface area contributed by atoms with E-state index in [0.29, 0.717) is 6.61 Å². The molecular formula is C10H18O3. The average Bonchev–Trinajstić information content (AvgIpc) is 2.17. The van der Waals surface area contributed by atoms with Crippen LogP contribution in [-0.2, 0) is 14.3 Å². The van der Waals surface area contributed by atoms with Gasteiger partial charge in [0.15, 0.2) is 0 Å². The van der Waals surface area contributed by atoms with Gasteiger partial charge in [0.25, 0.3) is 0 Å². The van der Waals surface area contributed by atoms with Gasteiger partial charge in [-0.1, -0.05) is 26.3 Å². The van der Waals surface area contributed by atoms with Crippen molar-refractivity contribution in [3.05, 3.63) is 12.7 Å². The van der Waals surface area contributed by atoms with Gasteiger partial charge in [0.05, 0.1) is 6.10 Å². The minimum atomic E-state index is -0.390. The minimum absolute atomic E-state index is 0.0175. The van der Waals surface area contributed by atoms with Crippen molar-refractivity contribution >= 4 is 5.97 Å². The third-order valence-electron chi connectivity index (χ3n) is 1.79. The van der Waals surface area contributed by atoms with Crippen LogP contribution in [-0.4, -0.2) is 25.8 Å². The van der Waals surface area contributed by atoms with E-state index in [9.17, 15) is 4.79 Å². The first-order valence-electron chi connectivity index (χ1n) is 4.56. The van der Waals surface area contributed by atoms with Crippen molar-refractivity contribution in [3.8, 4) is 0 Å². The number of hydrogen-bond acceptors (Lipinski definition) is 3. The second-order valence-electron chi connectivity index (χ2n) is 2.83. The Morgan fingerprint density at radius 1 is 1.62 bits per heavy atom. The molecule has 0 saturated carbocycles. The molecule has 0 saturated heterocycles. The van der Waals surface area contributed by atoms with E-state index in [2.05, 4.69) is 13.5 Å². The zero-order valence-corrected chi connectivity index (χ0v) is 8.41. The van der Waals surface area contributed by atoms with Gasteiger partial charge in [-0.3, -0.25) is 0 Å². The Balaban J connectivity index is 3.58. The maximum atomic E-state index is 10.7. The lowest BCUT2D eigenvalue weighted by atomic mass is 10.2. The lowest BCUT2D eigenvalue weighted by molar-refractivity contribution is -0.141. The Kier molecular flexibility index (Phi) is 7.30. The molecule has 0 aliphatic heterocycles. The van der Waals surface area contributed by atoms with E-state index in [1.807, 2.05) is 0 Å². The SMILES string of the molecule is C=CC(=O)OCC(CCCC)OC. The zero-order valence-electron chi connectivity index (χ0n) is 8.41. The fourth-order valence-electron chi connectivity index (χ4n) is 0.935. The number of methoxy groups -OCH3 is 1. The van der Waals surface area contributed by atoms with E-state index in [0.717, 1.165) is 25.3 Å². The molecule has 0 N–H and O–H groups in total. The molecule has 0 aromatic heterocycles. The molecule has 13 heavy (non-hydrogen) atoms. The van der Waals surface area contributed by atoms with Crippen LogP contribution < -0.4 is 0 Å². The molecule has 0 heterocycles. The molecule has 0 fully saturated rings. The van der Waals surface area contributed by atoms with Crippen molar-refractivity contribution in [3.63, 3.8) is 0 Å². The first-order chi connectivity index (χ1) is 6.24. The Hall–Kier alpha value is -0.830. The summed E-state index contributed by atoms with van der Waals surface area (Å²) in [5.41, 5.74) is 0. The highest BCUT2D eigenvalue weighted by molar-refractivity contribution is 5.81. The van der Waals surface area contributed by atoms with Gasteiger partial charge in [0.1, 0.15) is 6.61 Å². The van der Waals surface area contributed by atoms with Gasteiger partial charge in [-0.05, 0) is 6.42 Å². The first-order valence-corrected chi connectivity index (χ1v) is 4.56. The van der Waals surface area contributed by atoms with Gasteiger partial charge in [-0.25, -0.2) is 4.79 Å². The molecule has 0 aliphatic rings. The molecule has 3 nitrogen and oxygen atoms in total. The Morgan fingerprint density at radius 2 is 2.31 bits per heavy atom. The van der Waals surface area contributed by atoms with Gasteiger partial charge in [-0.15, -0.1) is 0 Å². The maximum Gasteiger partial charge on any atom is 0.330 e. The summed E-state index contributed by atoms with van der Waals surface area (Å²) in [6, 6.07) is 0. The molecule has 0 rings (SSSR count). The van der Waals surface area contributed by atoms with Crippen LogP contribution in [0.2, 0.25) is 0 Å². The maximum absolute atomic E-state index is 10.7. The largest absolute Gasteiger partial charge is 0.460 e. The number of hydrogen-bond donors (Lipinski definition) is 0. The number of esters is 1. The second-order valence-corrected chi connectivity index (χ2v) is 2.83. The van der Waals surface area contributed by atoms with Crippen molar-refractivity contribution in [1.82, 2.24) is 0 Å². The normalized spacial score (nSPS) is 12.2. The van der Waals surface area contributed by atoms with E-state index >= 15 is 0 Å². The molecule has 0 aliphatic carbocycles. The van der Waals surface area contributed by atoms with Crippen LogP contribution in [0.5, 0.6) is 0 Å². The van der Waals surface area contributed by atoms with Crippen molar-refractivity contribution in [2.24, 2.45) is 0 Å². The van der Waals surface area contributed by atoms with Crippen LogP contribution in [0.1, 0.15) is 26.2 Å². The smallest absolute Gasteiger partial charge is 0.330 e. The fourth-order valence-corrected chi connectivity index (χ4v) is 0.935. The molecule has 0 amide bonds. The van der Waals surface area contributed by atoms with Crippen LogP contribution in [0, 0.1) is 0 Å². The molecule has 0 radical (unpaired) electrons. The van der Waals surface area contributed by atoms with E-state index in [1.165, 1.54) is 0 Å². The van der Waals surface area contributed by atoms with Crippen LogP contribution in [0.25, 0.3) is 0 Å². The van der Waals surface area contributed by atoms with Gasteiger partial charge >= 0.3 is 5.97 Å². The van der Waals surface area contributed by atoms with Crippen molar-refractivity contribution < 1.29 is 14.3 Å². The van der Waals surface area contributed by atoms with Gasteiger partial charge in [-0.2, -0.15) is 0 Å². The monoisotopic (exact) mass is 186 g/mol. The van der Waals surface area contributed by atoms with Crippen molar-refractivity contribution in [2.75, 3.05) is 13.7 Å². The lowest BCUT2D eigenvalue weighted by Crippen LogP contribution is -2.20. The first kappa shape index (κ1) is 12.2. The molecule has 0 bridgehead atoms. The van der Waals surface area contributed by atoms with Crippen molar-refractivity contribution in [2.45, 2.75) is 32.3 Å². The number of unbranched alkanes of at least 4 members (excludes halogenated alkanes) is 1. The fraction of sp³-hybridized carbons (Fsp3) is 0.700. The molecule has 0 aromatic rings. The van der Waals surface area contributed by atoms with Crippen LogP contribution >= 0.6 is 0 Å². The number of carbonyl (C=O) groups is 1. The van der Waals surface area contributed by atoms with Crippen LogP contribution in [0.4, 0.5) is 0 Å². The summed E-state index contributed by atoms with van der Waals surface area (Å²) in [6.45, 7) is 5.75. The number of rotatable bonds is 7. The van der Waals surface area contributed by atoms with Gasteiger partial charge < -0.3 is 9.47 Å². The quantitative estimate of drug-likeness (QED) is 0.450. The summed E-state index contributed by atoms with van der Waals surface area (Å²) >= 11 is 0. The van der Waals surface area contributed by atoms with Crippen LogP contribution in [0.3, 0.4) is 0 Å².